The predicted molar refractivity (Wildman–Crippen MR) is 108 cm³/mol. The van der Waals surface area contributed by atoms with Gasteiger partial charge < -0.3 is 9.84 Å². The predicted octanol–water partition coefficient (Wildman–Crippen LogP) is 5.23. The minimum Gasteiger partial charge on any atom is -0.348 e. The number of aromatic nitrogens is 2. The first-order valence-electron chi connectivity index (χ1n) is 9.49. The molecule has 142 valence electrons. The number of carbonyl (C=O) groups is 1. The van der Waals surface area contributed by atoms with E-state index in [1.807, 2.05) is 17.5 Å². The van der Waals surface area contributed by atoms with Crippen molar-refractivity contribution in [1.82, 2.24) is 15.5 Å². The summed E-state index contributed by atoms with van der Waals surface area (Å²) in [6, 6.07) is 8.30. The number of hydrogen-bond acceptors (Lipinski definition) is 6. The Morgan fingerprint density at radius 3 is 2.78 bits per heavy atom. The number of thiophene rings is 2. The summed E-state index contributed by atoms with van der Waals surface area (Å²) in [7, 11) is 0. The van der Waals surface area contributed by atoms with E-state index in [-0.39, 0.29) is 11.9 Å². The second kappa shape index (κ2) is 8.80. The fraction of sp³-hybridized carbons (Fsp3) is 0.450. The van der Waals surface area contributed by atoms with Crippen molar-refractivity contribution in [3.05, 3.63) is 45.8 Å². The molecule has 5 nitrogen and oxygen atoms in total. The van der Waals surface area contributed by atoms with Crippen molar-refractivity contribution in [2.45, 2.75) is 51.0 Å². The Hall–Kier alpha value is -1.99. The van der Waals surface area contributed by atoms with E-state index >= 15 is 0 Å². The molecular weight excluding hydrogens is 378 g/mol. The van der Waals surface area contributed by atoms with Gasteiger partial charge in [-0.25, -0.2) is 0 Å². The Kier molecular flexibility index (Phi) is 5.99. The van der Waals surface area contributed by atoms with Gasteiger partial charge in [-0.1, -0.05) is 30.1 Å². The molecule has 0 radical (unpaired) electrons. The van der Waals surface area contributed by atoms with Crippen LogP contribution in [-0.4, -0.2) is 16.0 Å². The summed E-state index contributed by atoms with van der Waals surface area (Å²) < 4.78 is 5.31. The molecule has 1 amide bonds. The number of nitrogens with one attached hydrogen (secondary N) is 1. The number of rotatable bonds is 8. The van der Waals surface area contributed by atoms with Gasteiger partial charge in [0, 0.05) is 17.7 Å². The van der Waals surface area contributed by atoms with Crippen LogP contribution in [0.3, 0.4) is 0 Å². The van der Waals surface area contributed by atoms with Crippen LogP contribution in [0.4, 0.5) is 0 Å². The zero-order chi connectivity index (χ0) is 18.5. The van der Waals surface area contributed by atoms with Crippen molar-refractivity contribution < 1.29 is 9.32 Å². The largest absolute Gasteiger partial charge is 0.348 e. The molecular formula is C20H23N3O2S2. The van der Waals surface area contributed by atoms with Crippen LogP contribution in [0.25, 0.3) is 10.7 Å². The molecule has 0 aromatic carbocycles. The maximum Gasteiger partial charge on any atom is 0.226 e. The van der Waals surface area contributed by atoms with Crippen molar-refractivity contribution in [3.8, 4) is 10.7 Å². The molecule has 1 N–H and O–H groups in total. The molecule has 1 aliphatic carbocycles. The van der Waals surface area contributed by atoms with Crippen LogP contribution in [0.15, 0.2) is 39.5 Å². The molecule has 0 saturated heterocycles. The first-order valence-corrected chi connectivity index (χ1v) is 11.2. The molecule has 3 heterocycles. The van der Waals surface area contributed by atoms with E-state index in [9.17, 15) is 4.79 Å². The monoisotopic (exact) mass is 401 g/mol. The van der Waals surface area contributed by atoms with Gasteiger partial charge in [-0.3, -0.25) is 4.79 Å². The van der Waals surface area contributed by atoms with E-state index in [1.165, 1.54) is 30.6 Å². The lowest BCUT2D eigenvalue weighted by molar-refractivity contribution is -0.122. The van der Waals surface area contributed by atoms with E-state index < -0.39 is 0 Å². The zero-order valence-corrected chi connectivity index (χ0v) is 16.7. The topological polar surface area (TPSA) is 68.0 Å². The smallest absolute Gasteiger partial charge is 0.226 e. The molecule has 1 unspecified atom stereocenters. The third-order valence-corrected chi connectivity index (χ3v) is 6.86. The van der Waals surface area contributed by atoms with Crippen LogP contribution >= 0.6 is 22.7 Å². The van der Waals surface area contributed by atoms with Crippen molar-refractivity contribution in [2.75, 3.05) is 0 Å². The highest BCUT2D eigenvalue weighted by Crippen LogP contribution is 2.37. The molecule has 0 aliphatic heterocycles. The number of amides is 1. The second-order valence-electron chi connectivity index (χ2n) is 6.95. The highest BCUT2D eigenvalue weighted by molar-refractivity contribution is 7.13. The van der Waals surface area contributed by atoms with Gasteiger partial charge in [0.2, 0.25) is 17.6 Å². The van der Waals surface area contributed by atoms with E-state index in [4.69, 9.17) is 4.52 Å². The summed E-state index contributed by atoms with van der Waals surface area (Å²) in [6.45, 7) is 0. The maximum absolute atomic E-state index is 12.5. The fourth-order valence-electron chi connectivity index (χ4n) is 3.69. The molecule has 7 heteroatoms. The molecule has 0 spiro atoms. The van der Waals surface area contributed by atoms with E-state index in [2.05, 4.69) is 33.0 Å². The van der Waals surface area contributed by atoms with E-state index in [1.54, 1.807) is 22.7 Å². The van der Waals surface area contributed by atoms with Crippen molar-refractivity contribution in [1.29, 1.82) is 0 Å². The molecule has 1 fully saturated rings. The summed E-state index contributed by atoms with van der Waals surface area (Å²) in [5, 5.41) is 11.4. The van der Waals surface area contributed by atoms with Gasteiger partial charge in [-0.15, -0.1) is 22.7 Å². The Bertz CT molecular complexity index is 837. The summed E-state index contributed by atoms with van der Waals surface area (Å²) in [6.07, 6.45) is 6.76. The van der Waals surface area contributed by atoms with Gasteiger partial charge in [-0.05, 0) is 48.1 Å². The minimum absolute atomic E-state index is 0.110. The third-order valence-electron chi connectivity index (χ3n) is 5.04. The SMILES string of the molecule is O=C(CCCc1nc(-c2cccs2)no1)NC(c1cccs1)C1CCCC1. The van der Waals surface area contributed by atoms with E-state index in [0.717, 1.165) is 4.88 Å². The normalized spacial score (nSPS) is 15.9. The Morgan fingerprint density at radius 2 is 2.04 bits per heavy atom. The zero-order valence-electron chi connectivity index (χ0n) is 15.1. The average molecular weight is 402 g/mol. The number of hydrogen-bond donors (Lipinski definition) is 1. The van der Waals surface area contributed by atoms with Gasteiger partial charge in [0.1, 0.15) is 0 Å². The van der Waals surface area contributed by atoms with Crippen LogP contribution < -0.4 is 5.32 Å². The van der Waals surface area contributed by atoms with Gasteiger partial charge in [0.15, 0.2) is 0 Å². The number of carbonyl (C=O) groups excluding carboxylic acids is 1. The Morgan fingerprint density at radius 1 is 1.22 bits per heavy atom. The molecule has 1 saturated carbocycles. The average Bonchev–Trinajstić information content (AvgIpc) is 3.48. The Labute approximate surface area is 166 Å². The van der Waals surface area contributed by atoms with Crippen LogP contribution in [0.1, 0.15) is 55.3 Å². The fourth-order valence-corrected chi connectivity index (χ4v) is 5.21. The summed E-state index contributed by atoms with van der Waals surface area (Å²) in [5.41, 5.74) is 0. The van der Waals surface area contributed by atoms with Crippen LogP contribution in [0.5, 0.6) is 0 Å². The van der Waals surface area contributed by atoms with Crippen molar-refractivity contribution in [2.24, 2.45) is 5.92 Å². The summed E-state index contributed by atoms with van der Waals surface area (Å²) >= 11 is 3.32. The van der Waals surface area contributed by atoms with Crippen LogP contribution in [0, 0.1) is 5.92 Å². The highest BCUT2D eigenvalue weighted by atomic mass is 32.1. The molecule has 3 aromatic heterocycles. The standard InChI is InChI=1S/C20H23N3O2S2/c24-17(21-19(14-6-1-2-7-14)15-8-4-12-26-15)10-3-11-18-22-20(23-25-18)16-9-5-13-27-16/h4-5,8-9,12-14,19H,1-3,6-7,10-11H2,(H,21,24). The van der Waals surface area contributed by atoms with Crippen LogP contribution in [0.2, 0.25) is 0 Å². The molecule has 1 atom stereocenters. The van der Waals surface area contributed by atoms with Gasteiger partial charge >= 0.3 is 0 Å². The molecule has 1 aliphatic rings. The van der Waals surface area contributed by atoms with Gasteiger partial charge in [-0.2, -0.15) is 4.98 Å². The quantitative estimate of drug-likeness (QED) is 0.561. The first kappa shape index (κ1) is 18.4. The summed E-state index contributed by atoms with van der Waals surface area (Å²) in [5.74, 6) is 1.90. The molecule has 4 rings (SSSR count). The molecule has 0 bridgehead atoms. The van der Waals surface area contributed by atoms with Gasteiger partial charge in [0.25, 0.3) is 0 Å². The lowest BCUT2D eigenvalue weighted by Gasteiger charge is -2.23. The number of nitrogens with zero attached hydrogens (tertiary/aromatic N) is 2. The lowest BCUT2D eigenvalue weighted by atomic mass is 9.96. The van der Waals surface area contributed by atoms with E-state index in [0.29, 0.717) is 36.9 Å². The van der Waals surface area contributed by atoms with Crippen molar-refractivity contribution >= 4 is 28.6 Å². The lowest BCUT2D eigenvalue weighted by Crippen LogP contribution is -2.32. The Balaban J connectivity index is 1.28. The van der Waals surface area contributed by atoms with Gasteiger partial charge in [0.05, 0.1) is 10.9 Å². The second-order valence-corrected chi connectivity index (χ2v) is 8.87. The van der Waals surface area contributed by atoms with Crippen molar-refractivity contribution in [3.63, 3.8) is 0 Å². The summed E-state index contributed by atoms with van der Waals surface area (Å²) in [4.78, 5) is 19.2. The minimum atomic E-state index is 0.110. The molecule has 3 aromatic rings. The third kappa shape index (κ3) is 4.65. The van der Waals surface area contributed by atoms with Crippen LogP contribution in [-0.2, 0) is 11.2 Å². The first-order chi connectivity index (χ1) is 13.3. The number of aryl methyl sites for hydroxylation is 1. The maximum atomic E-state index is 12.5. The molecule has 27 heavy (non-hydrogen) atoms. The highest BCUT2D eigenvalue weighted by Gasteiger charge is 2.28.